The standard InChI is InChI=1S/C22H23F3N2O2/c1-14-8-15(10-26-11-18(12-26)21(28)29)2-5-20(14)27-7-6-16-3-4-19(22(23,24)25)9-17(16)13-27/h2-5,8-9,18H,6-7,10-13H2,1H3,(H,28,29). The molecule has 0 spiro atoms. The molecule has 0 saturated carbocycles. The first-order valence-electron chi connectivity index (χ1n) is 9.69. The van der Waals surface area contributed by atoms with Crippen LogP contribution in [0.15, 0.2) is 36.4 Å². The van der Waals surface area contributed by atoms with Gasteiger partial charge >= 0.3 is 12.1 Å². The SMILES string of the molecule is Cc1cc(CN2CC(C(=O)O)C2)ccc1N1CCc2ccc(C(F)(F)F)cc2C1. The van der Waals surface area contributed by atoms with Crippen LogP contribution in [0.3, 0.4) is 0 Å². The van der Waals surface area contributed by atoms with E-state index in [0.29, 0.717) is 26.2 Å². The smallest absolute Gasteiger partial charge is 0.416 e. The lowest BCUT2D eigenvalue weighted by Gasteiger charge is -2.37. The van der Waals surface area contributed by atoms with Gasteiger partial charge in [0.2, 0.25) is 0 Å². The van der Waals surface area contributed by atoms with Gasteiger partial charge < -0.3 is 10.0 Å². The molecule has 154 valence electrons. The van der Waals surface area contributed by atoms with E-state index >= 15 is 0 Å². The lowest BCUT2D eigenvalue weighted by molar-refractivity contribution is -0.147. The van der Waals surface area contributed by atoms with Gasteiger partial charge in [0.15, 0.2) is 0 Å². The third-order valence-corrected chi connectivity index (χ3v) is 5.86. The zero-order valence-electron chi connectivity index (χ0n) is 16.2. The number of carboxylic acid groups (broad SMARTS) is 1. The number of aliphatic carboxylic acids is 1. The molecule has 2 aromatic carbocycles. The van der Waals surface area contributed by atoms with E-state index in [4.69, 9.17) is 5.11 Å². The number of anilines is 1. The van der Waals surface area contributed by atoms with Crippen LogP contribution >= 0.6 is 0 Å². The van der Waals surface area contributed by atoms with Crippen molar-refractivity contribution in [3.05, 3.63) is 64.2 Å². The Morgan fingerprint density at radius 1 is 1.14 bits per heavy atom. The van der Waals surface area contributed by atoms with Crippen LogP contribution in [-0.2, 0) is 30.5 Å². The molecule has 29 heavy (non-hydrogen) atoms. The van der Waals surface area contributed by atoms with Crippen LogP contribution in [0.1, 0.15) is 27.8 Å². The van der Waals surface area contributed by atoms with Crippen LogP contribution < -0.4 is 4.90 Å². The molecule has 0 bridgehead atoms. The Bertz CT molecular complexity index is 936. The minimum absolute atomic E-state index is 0.273. The number of fused-ring (bicyclic) bond motifs is 1. The molecule has 4 nitrogen and oxygen atoms in total. The van der Waals surface area contributed by atoms with Gasteiger partial charge in [0.05, 0.1) is 11.5 Å². The molecule has 1 fully saturated rings. The summed E-state index contributed by atoms with van der Waals surface area (Å²) in [5, 5.41) is 8.98. The number of benzene rings is 2. The van der Waals surface area contributed by atoms with E-state index in [0.717, 1.165) is 40.9 Å². The average molecular weight is 404 g/mol. The van der Waals surface area contributed by atoms with Gasteiger partial charge in [0, 0.05) is 38.4 Å². The maximum Gasteiger partial charge on any atom is 0.416 e. The quantitative estimate of drug-likeness (QED) is 0.834. The molecular formula is C22H23F3N2O2. The molecule has 0 radical (unpaired) electrons. The van der Waals surface area contributed by atoms with E-state index in [9.17, 15) is 18.0 Å². The van der Waals surface area contributed by atoms with Crippen molar-refractivity contribution in [2.24, 2.45) is 5.92 Å². The molecular weight excluding hydrogens is 381 g/mol. The van der Waals surface area contributed by atoms with Gasteiger partial charge in [-0.15, -0.1) is 0 Å². The third-order valence-electron chi connectivity index (χ3n) is 5.86. The van der Waals surface area contributed by atoms with Gasteiger partial charge in [-0.25, -0.2) is 0 Å². The third kappa shape index (κ3) is 4.10. The van der Waals surface area contributed by atoms with E-state index in [-0.39, 0.29) is 5.92 Å². The Kier molecular flexibility index (Phi) is 5.02. The number of carboxylic acids is 1. The lowest BCUT2D eigenvalue weighted by Crippen LogP contribution is -2.49. The van der Waals surface area contributed by atoms with Crippen molar-refractivity contribution < 1.29 is 23.1 Å². The van der Waals surface area contributed by atoms with Crippen LogP contribution in [0.25, 0.3) is 0 Å². The van der Waals surface area contributed by atoms with Crippen LogP contribution in [-0.4, -0.2) is 35.6 Å². The Morgan fingerprint density at radius 3 is 2.55 bits per heavy atom. The average Bonchev–Trinajstić information content (AvgIpc) is 2.62. The summed E-state index contributed by atoms with van der Waals surface area (Å²) in [6.45, 7) is 5.09. The van der Waals surface area contributed by atoms with Crippen molar-refractivity contribution >= 4 is 11.7 Å². The van der Waals surface area contributed by atoms with E-state index in [1.165, 1.54) is 12.1 Å². The number of alkyl halides is 3. The summed E-state index contributed by atoms with van der Waals surface area (Å²) in [6.07, 6.45) is -3.61. The van der Waals surface area contributed by atoms with Gasteiger partial charge in [0.25, 0.3) is 0 Å². The van der Waals surface area contributed by atoms with Crippen molar-refractivity contribution in [2.45, 2.75) is 32.6 Å². The normalized spacial score (nSPS) is 17.7. The second-order valence-corrected chi connectivity index (χ2v) is 8.00. The maximum absolute atomic E-state index is 13.0. The number of halogens is 3. The van der Waals surface area contributed by atoms with E-state index < -0.39 is 17.7 Å². The summed E-state index contributed by atoms with van der Waals surface area (Å²) >= 11 is 0. The van der Waals surface area contributed by atoms with Crippen LogP contribution in [0.5, 0.6) is 0 Å². The summed E-state index contributed by atoms with van der Waals surface area (Å²) < 4.78 is 39.1. The summed E-state index contributed by atoms with van der Waals surface area (Å²) in [5.41, 5.74) is 4.34. The minimum Gasteiger partial charge on any atom is -0.481 e. The van der Waals surface area contributed by atoms with Gasteiger partial charge in [-0.3, -0.25) is 9.69 Å². The fourth-order valence-corrected chi connectivity index (χ4v) is 4.22. The number of hydrogen-bond donors (Lipinski definition) is 1. The fraction of sp³-hybridized carbons (Fsp3) is 0.409. The summed E-state index contributed by atoms with van der Waals surface area (Å²) in [7, 11) is 0. The molecule has 0 aliphatic carbocycles. The van der Waals surface area contributed by atoms with E-state index in [2.05, 4.69) is 15.9 Å². The first-order valence-corrected chi connectivity index (χ1v) is 9.69. The number of likely N-dealkylation sites (tertiary alicyclic amines) is 1. The Morgan fingerprint density at radius 2 is 1.90 bits per heavy atom. The van der Waals surface area contributed by atoms with Crippen LogP contribution in [0, 0.1) is 12.8 Å². The van der Waals surface area contributed by atoms with Crippen molar-refractivity contribution in [3.63, 3.8) is 0 Å². The van der Waals surface area contributed by atoms with Crippen LogP contribution in [0.4, 0.5) is 18.9 Å². The lowest BCUT2D eigenvalue weighted by atomic mass is 9.95. The summed E-state index contributed by atoms with van der Waals surface area (Å²) in [6, 6.07) is 10.2. The van der Waals surface area contributed by atoms with Crippen molar-refractivity contribution in [3.8, 4) is 0 Å². The van der Waals surface area contributed by atoms with Crippen molar-refractivity contribution in [1.82, 2.24) is 4.90 Å². The number of hydrogen-bond acceptors (Lipinski definition) is 3. The number of rotatable bonds is 4. The molecule has 7 heteroatoms. The molecule has 4 rings (SSSR count). The Balaban J connectivity index is 1.46. The van der Waals surface area contributed by atoms with E-state index in [1.807, 2.05) is 19.1 Å². The highest BCUT2D eigenvalue weighted by Gasteiger charge is 2.33. The van der Waals surface area contributed by atoms with Gasteiger partial charge in [-0.2, -0.15) is 13.2 Å². The van der Waals surface area contributed by atoms with Crippen LogP contribution in [0.2, 0.25) is 0 Å². The predicted octanol–water partition coefficient (Wildman–Crippen LogP) is 4.09. The summed E-state index contributed by atoms with van der Waals surface area (Å²) in [5.74, 6) is -1.02. The Hall–Kier alpha value is -2.54. The van der Waals surface area contributed by atoms with Gasteiger partial charge in [-0.1, -0.05) is 18.2 Å². The first-order chi connectivity index (χ1) is 13.7. The molecule has 0 unspecified atom stereocenters. The topological polar surface area (TPSA) is 43.8 Å². The molecule has 0 aromatic heterocycles. The molecule has 0 amide bonds. The number of nitrogens with zero attached hydrogens (tertiary/aromatic N) is 2. The molecule has 2 aliphatic rings. The molecule has 0 atom stereocenters. The maximum atomic E-state index is 13.0. The highest BCUT2D eigenvalue weighted by Crippen LogP contribution is 2.34. The summed E-state index contributed by atoms with van der Waals surface area (Å²) in [4.78, 5) is 15.2. The largest absolute Gasteiger partial charge is 0.481 e. The predicted molar refractivity (Wildman–Crippen MR) is 104 cm³/mol. The van der Waals surface area contributed by atoms with Gasteiger partial charge in [0.1, 0.15) is 0 Å². The molecule has 2 aliphatic heterocycles. The van der Waals surface area contributed by atoms with Crippen molar-refractivity contribution in [1.29, 1.82) is 0 Å². The monoisotopic (exact) mass is 404 g/mol. The zero-order valence-corrected chi connectivity index (χ0v) is 16.2. The minimum atomic E-state index is -4.33. The number of aryl methyl sites for hydroxylation is 1. The Labute approximate surface area is 167 Å². The highest BCUT2D eigenvalue weighted by molar-refractivity contribution is 5.71. The second kappa shape index (κ2) is 7.37. The highest BCUT2D eigenvalue weighted by atomic mass is 19.4. The number of carbonyl (C=O) groups is 1. The van der Waals surface area contributed by atoms with Crippen molar-refractivity contribution in [2.75, 3.05) is 24.5 Å². The van der Waals surface area contributed by atoms with Gasteiger partial charge in [-0.05, 0) is 53.8 Å². The fourth-order valence-electron chi connectivity index (χ4n) is 4.22. The molecule has 2 heterocycles. The first kappa shape index (κ1) is 19.8. The molecule has 1 saturated heterocycles. The van der Waals surface area contributed by atoms with E-state index in [1.54, 1.807) is 6.07 Å². The zero-order chi connectivity index (χ0) is 20.8. The molecule has 1 N–H and O–H groups in total. The second-order valence-electron chi connectivity index (χ2n) is 8.00. The molecule has 2 aromatic rings.